The summed E-state index contributed by atoms with van der Waals surface area (Å²) >= 11 is 0. The molecule has 35 heavy (non-hydrogen) atoms. The van der Waals surface area contributed by atoms with Crippen LogP contribution in [0, 0.1) is 0 Å². The summed E-state index contributed by atoms with van der Waals surface area (Å²) in [5, 5.41) is 2.76. The normalized spacial score (nSPS) is 17.3. The third-order valence-corrected chi connectivity index (χ3v) is 6.76. The Bertz CT molecular complexity index is 1300. The van der Waals surface area contributed by atoms with Gasteiger partial charge < -0.3 is 10.2 Å². The number of allylic oxidation sites excluding steroid dienone is 1. The van der Waals surface area contributed by atoms with Crippen molar-refractivity contribution in [3.8, 4) is 11.1 Å². The largest absolute Gasteiger partial charge is 0.329 e. The first-order valence-electron chi connectivity index (χ1n) is 11.9. The number of hydrogen-bond acceptors (Lipinski definition) is 4. The van der Waals surface area contributed by atoms with Crippen LogP contribution in [0.15, 0.2) is 79.3 Å². The van der Waals surface area contributed by atoms with Crippen LogP contribution in [-0.2, 0) is 29.0 Å². The van der Waals surface area contributed by atoms with E-state index in [0.29, 0.717) is 49.9 Å². The fourth-order valence-corrected chi connectivity index (χ4v) is 4.82. The number of ketones is 1. The average Bonchev–Trinajstić information content (AvgIpc) is 3.19. The van der Waals surface area contributed by atoms with Crippen LogP contribution in [0.2, 0.25) is 0 Å². The zero-order valence-electron chi connectivity index (χ0n) is 19.5. The number of amides is 2. The SMILES string of the molecule is C=C1CCC(N2Cc3cc(CCC(=O)Cc4ccc(-c5ccncc5)cc4)ccc3C2=O)C(=O)N1. The van der Waals surface area contributed by atoms with Gasteiger partial charge in [0.1, 0.15) is 11.8 Å². The number of carbonyl (C=O) groups excluding carboxylic acids is 3. The lowest BCUT2D eigenvalue weighted by molar-refractivity contribution is -0.126. The van der Waals surface area contributed by atoms with E-state index < -0.39 is 6.04 Å². The van der Waals surface area contributed by atoms with Crippen molar-refractivity contribution in [2.24, 2.45) is 0 Å². The van der Waals surface area contributed by atoms with Crippen LogP contribution in [-0.4, -0.2) is 33.5 Å². The Morgan fingerprint density at radius 3 is 2.46 bits per heavy atom. The summed E-state index contributed by atoms with van der Waals surface area (Å²) in [7, 11) is 0. The van der Waals surface area contributed by atoms with Crippen LogP contribution in [0.5, 0.6) is 0 Å². The van der Waals surface area contributed by atoms with E-state index in [-0.39, 0.29) is 17.6 Å². The number of pyridine rings is 1. The van der Waals surface area contributed by atoms with Crippen LogP contribution in [0.4, 0.5) is 0 Å². The molecule has 5 rings (SSSR count). The summed E-state index contributed by atoms with van der Waals surface area (Å²) in [5.74, 6) is -0.0912. The molecule has 3 heterocycles. The number of aromatic nitrogens is 1. The van der Waals surface area contributed by atoms with E-state index >= 15 is 0 Å². The predicted molar refractivity (Wildman–Crippen MR) is 133 cm³/mol. The molecule has 2 aliphatic rings. The summed E-state index contributed by atoms with van der Waals surface area (Å²) in [6.45, 7) is 4.23. The van der Waals surface area contributed by atoms with E-state index in [4.69, 9.17) is 0 Å². The van der Waals surface area contributed by atoms with Crippen molar-refractivity contribution < 1.29 is 14.4 Å². The molecule has 2 aliphatic heterocycles. The van der Waals surface area contributed by atoms with Gasteiger partial charge in [0.25, 0.3) is 5.91 Å². The maximum absolute atomic E-state index is 12.9. The summed E-state index contributed by atoms with van der Waals surface area (Å²) in [4.78, 5) is 43.6. The zero-order valence-corrected chi connectivity index (χ0v) is 19.5. The van der Waals surface area contributed by atoms with Gasteiger partial charge in [-0.1, -0.05) is 43.0 Å². The minimum Gasteiger partial charge on any atom is -0.329 e. The maximum atomic E-state index is 12.9. The molecule has 0 aliphatic carbocycles. The molecule has 1 aromatic heterocycles. The molecule has 1 atom stereocenters. The van der Waals surface area contributed by atoms with Crippen LogP contribution in [0.25, 0.3) is 11.1 Å². The average molecular weight is 466 g/mol. The summed E-state index contributed by atoms with van der Waals surface area (Å²) in [6.07, 6.45) is 6.27. The van der Waals surface area contributed by atoms with Crippen molar-refractivity contribution in [1.82, 2.24) is 15.2 Å². The summed E-state index contributed by atoms with van der Waals surface area (Å²) in [5.41, 5.74) is 6.49. The Morgan fingerprint density at radius 2 is 1.71 bits per heavy atom. The number of rotatable bonds is 7. The quantitative estimate of drug-likeness (QED) is 0.566. The lowest BCUT2D eigenvalue weighted by Crippen LogP contribution is -2.49. The van der Waals surface area contributed by atoms with Gasteiger partial charge in [0.2, 0.25) is 5.91 Å². The lowest BCUT2D eigenvalue weighted by atomic mass is 9.98. The maximum Gasteiger partial charge on any atom is 0.255 e. The predicted octanol–water partition coefficient (Wildman–Crippen LogP) is 4.24. The van der Waals surface area contributed by atoms with E-state index in [1.165, 1.54) is 0 Å². The van der Waals surface area contributed by atoms with Crippen LogP contribution in [0.1, 0.15) is 46.3 Å². The van der Waals surface area contributed by atoms with Gasteiger partial charge in [0, 0.05) is 43.0 Å². The Morgan fingerprint density at radius 1 is 1.00 bits per heavy atom. The van der Waals surface area contributed by atoms with Gasteiger partial charge in [-0.05, 0) is 65.3 Å². The van der Waals surface area contributed by atoms with Crippen LogP contribution >= 0.6 is 0 Å². The molecule has 6 nitrogen and oxygen atoms in total. The molecule has 0 bridgehead atoms. The van der Waals surface area contributed by atoms with Crippen LogP contribution in [0.3, 0.4) is 0 Å². The highest BCUT2D eigenvalue weighted by atomic mass is 16.2. The molecule has 0 radical (unpaired) electrons. The fourth-order valence-electron chi connectivity index (χ4n) is 4.82. The van der Waals surface area contributed by atoms with Crippen molar-refractivity contribution in [1.29, 1.82) is 0 Å². The van der Waals surface area contributed by atoms with Gasteiger partial charge in [-0.3, -0.25) is 19.4 Å². The molecular formula is C29H27N3O3. The molecule has 0 spiro atoms. The first kappa shape index (κ1) is 22.7. The summed E-state index contributed by atoms with van der Waals surface area (Å²) in [6, 6.07) is 17.3. The van der Waals surface area contributed by atoms with E-state index in [9.17, 15) is 14.4 Å². The van der Waals surface area contributed by atoms with Crippen molar-refractivity contribution in [2.45, 2.75) is 44.7 Å². The first-order valence-corrected chi connectivity index (χ1v) is 11.9. The van der Waals surface area contributed by atoms with Gasteiger partial charge in [0.05, 0.1) is 0 Å². The topological polar surface area (TPSA) is 79.4 Å². The van der Waals surface area contributed by atoms with Crippen molar-refractivity contribution >= 4 is 17.6 Å². The van der Waals surface area contributed by atoms with Crippen molar-refractivity contribution in [3.05, 3.63) is 102 Å². The first-order chi connectivity index (χ1) is 17.0. The number of nitrogens with zero attached hydrogens (tertiary/aromatic N) is 2. The molecule has 1 unspecified atom stereocenters. The van der Waals surface area contributed by atoms with E-state index in [0.717, 1.165) is 27.8 Å². The lowest BCUT2D eigenvalue weighted by Gasteiger charge is -2.30. The number of hydrogen-bond donors (Lipinski definition) is 1. The Labute approximate surface area is 204 Å². The highest BCUT2D eigenvalue weighted by Crippen LogP contribution is 2.29. The van der Waals surface area contributed by atoms with E-state index in [1.54, 1.807) is 17.3 Å². The van der Waals surface area contributed by atoms with Gasteiger partial charge in [-0.25, -0.2) is 0 Å². The number of carbonyl (C=O) groups is 3. The third kappa shape index (κ3) is 4.92. The minimum atomic E-state index is -0.463. The molecular weight excluding hydrogens is 438 g/mol. The number of benzene rings is 2. The number of aryl methyl sites for hydroxylation is 1. The second-order valence-electron chi connectivity index (χ2n) is 9.22. The third-order valence-electron chi connectivity index (χ3n) is 6.76. The van der Waals surface area contributed by atoms with E-state index in [1.807, 2.05) is 54.6 Å². The Hall–Kier alpha value is -4.06. The molecule has 6 heteroatoms. The minimum absolute atomic E-state index is 0.106. The molecule has 2 amide bonds. The standard InChI is InChI=1S/C29H27N3O3/c1-19-2-11-27(28(34)31-19)32-18-24-16-20(6-10-26(24)29(32)35)5-9-25(33)17-21-3-7-22(8-4-21)23-12-14-30-15-13-23/h3-4,6-8,10,12-16,27H,1-2,5,9,11,17-18H2,(H,31,34). The molecule has 176 valence electrons. The zero-order chi connectivity index (χ0) is 24.4. The Kier molecular flexibility index (Phi) is 6.27. The van der Waals surface area contributed by atoms with Gasteiger partial charge in [-0.2, -0.15) is 0 Å². The number of nitrogens with one attached hydrogen (secondary N) is 1. The molecule has 0 saturated carbocycles. The number of Topliss-reactive ketones (excluding diaryl/α,β-unsaturated/α-hetero) is 1. The fraction of sp³-hybridized carbons (Fsp3) is 0.241. The van der Waals surface area contributed by atoms with Gasteiger partial charge in [-0.15, -0.1) is 0 Å². The highest BCUT2D eigenvalue weighted by Gasteiger charge is 2.38. The Balaban J connectivity index is 1.17. The van der Waals surface area contributed by atoms with Crippen molar-refractivity contribution in [2.75, 3.05) is 0 Å². The van der Waals surface area contributed by atoms with E-state index in [2.05, 4.69) is 16.9 Å². The molecule has 1 fully saturated rings. The second kappa shape index (κ2) is 9.66. The highest BCUT2D eigenvalue weighted by molar-refractivity contribution is 6.01. The number of fused-ring (bicyclic) bond motifs is 1. The monoisotopic (exact) mass is 465 g/mol. The second-order valence-corrected chi connectivity index (χ2v) is 9.22. The number of piperidine rings is 1. The van der Waals surface area contributed by atoms with Crippen LogP contribution < -0.4 is 5.32 Å². The van der Waals surface area contributed by atoms with Crippen molar-refractivity contribution in [3.63, 3.8) is 0 Å². The molecule has 1 N–H and O–H groups in total. The molecule has 2 aromatic carbocycles. The summed E-state index contributed by atoms with van der Waals surface area (Å²) < 4.78 is 0. The molecule has 1 saturated heterocycles. The van der Waals surface area contributed by atoms with Gasteiger partial charge >= 0.3 is 0 Å². The van der Waals surface area contributed by atoms with Gasteiger partial charge in [0.15, 0.2) is 0 Å². The smallest absolute Gasteiger partial charge is 0.255 e. The molecule has 3 aromatic rings.